The predicted octanol–water partition coefficient (Wildman–Crippen LogP) is -4.23. The zero-order valence-corrected chi connectivity index (χ0v) is 13.4. The van der Waals surface area contributed by atoms with Gasteiger partial charge in [-0.25, -0.2) is 0 Å². The van der Waals surface area contributed by atoms with Crippen molar-refractivity contribution >= 4 is 5.97 Å². The molecule has 5 nitrogen and oxygen atoms in total. The fourth-order valence-electron chi connectivity index (χ4n) is 0. The minimum absolute atomic E-state index is 0. The number of aliphatic hydroxyl groups excluding tert-OH is 1. The fourth-order valence-corrected chi connectivity index (χ4v) is 0. The third-order valence-corrected chi connectivity index (χ3v) is 0.341. The second-order valence-corrected chi connectivity index (χ2v) is 6.36. The number of carbonyl (C=O) groups is 1. The lowest BCUT2D eigenvalue weighted by atomic mass is 10.4. The maximum Gasteiger partial charge on any atom is 0.0905 e. The Labute approximate surface area is 112 Å². The molecule has 0 aliphatic carbocycles. The number of aliphatic carboxylic acids is 1. The molecule has 6 heteroatoms. The van der Waals surface area contributed by atoms with Crippen molar-refractivity contribution in [2.75, 3.05) is 56.4 Å². The van der Waals surface area contributed by atoms with Crippen molar-refractivity contribution < 1.29 is 36.4 Å². The Kier molecular flexibility index (Phi) is 16.1. The van der Waals surface area contributed by atoms with E-state index in [1.54, 1.807) is 0 Å². The van der Waals surface area contributed by atoms with E-state index < -0.39 is 12.1 Å². The maximum atomic E-state index is 9.34. The van der Waals surface area contributed by atoms with Crippen molar-refractivity contribution in [1.82, 2.24) is 0 Å². The summed E-state index contributed by atoms with van der Waals surface area (Å²) in [7, 11) is 17.0. The highest BCUT2D eigenvalue weighted by Crippen LogP contribution is 1.74. The van der Waals surface area contributed by atoms with E-state index in [1.165, 1.54) is 0 Å². The van der Waals surface area contributed by atoms with Crippen LogP contribution in [0.4, 0.5) is 0 Å². The van der Waals surface area contributed by atoms with Gasteiger partial charge in [-0.15, -0.1) is 0 Å². The summed E-state index contributed by atoms with van der Waals surface area (Å²) in [5, 5.41) is 17.3. The van der Waals surface area contributed by atoms with Gasteiger partial charge in [0.2, 0.25) is 0 Å². The molecule has 0 spiro atoms. The van der Waals surface area contributed by atoms with Gasteiger partial charge >= 0.3 is 0 Å². The van der Waals surface area contributed by atoms with Crippen molar-refractivity contribution in [2.24, 2.45) is 0 Å². The molecule has 1 atom stereocenters. The minimum atomic E-state index is -1.44. The lowest BCUT2D eigenvalue weighted by Gasteiger charge is -2.14. The molecular weight excluding hydrogens is 244 g/mol. The molecule has 0 rings (SSSR count). The van der Waals surface area contributed by atoms with E-state index in [2.05, 4.69) is 56.4 Å². The lowest BCUT2D eigenvalue weighted by Crippen LogP contribution is -3.00. The number of aliphatic hydroxyl groups is 1. The third kappa shape index (κ3) is 220. The first-order chi connectivity index (χ1) is 6.64. The SMILES string of the molecule is CC(O)C(=O)[O-].C[N+](C)(C)C.C[N+](C)(C)C.[Cl-]. The van der Waals surface area contributed by atoms with Crippen LogP contribution < -0.4 is 17.5 Å². The molecule has 0 saturated carbocycles. The summed E-state index contributed by atoms with van der Waals surface area (Å²) in [6.07, 6.45) is -1.34. The average Bonchev–Trinajstić information content (AvgIpc) is 1.77. The van der Waals surface area contributed by atoms with Gasteiger partial charge < -0.3 is 36.4 Å². The minimum Gasteiger partial charge on any atom is -1.00 e. The number of nitrogens with zero attached hydrogens (tertiary/aromatic N) is 2. The molecule has 0 bridgehead atoms. The molecule has 0 fully saturated rings. The fraction of sp³-hybridized carbons (Fsp3) is 0.909. The first kappa shape index (κ1) is 25.5. The summed E-state index contributed by atoms with van der Waals surface area (Å²) in [4.78, 5) is 9.34. The van der Waals surface area contributed by atoms with E-state index in [0.29, 0.717) is 0 Å². The third-order valence-electron chi connectivity index (χ3n) is 0.341. The molecule has 0 aliphatic heterocycles. The molecule has 0 aromatic carbocycles. The number of quaternary nitrogens is 2. The smallest absolute Gasteiger partial charge is 0.0905 e. The average molecular weight is 273 g/mol. The van der Waals surface area contributed by atoms with E-state index >= 15 is 0 Å². The molecule has 1 N–H and O–H groups in total. The van der Waals surface area contributed by atoms with E-state index in [4.69, 9.17) is 5.11 Å². The Hall–Kier alpha value is -0.360. The first-order valence-electron chi connectivity index (χ1n) is 5.11. The summed E-state index contributed by atoms with van der Waals surface area (Å²) in [5.74, 6) is -1.44. The van der Waals surface area contributed by atoms with Crippen LogP contribution in [0.3, 0.4) is 0 Å². The molecule has 0 amide bonds. The quantitative estimate of drug-likeness (QED) is 0.492. The predicted molar refractivity (Wildman–Crippen MR) is 64.6 cm³/mol. The summed E-state index contributed by atoms with van der Waals surface area (Å²) < 4.78 is 2.00. The van der Waals surface area contributed by atoms with Crippen LogP contribution in [0.25, 0.3) is 0 Å². The summed E-state index contributed by atoms with van der Waals surface area (Å²) in [5.41, 5.74) is 0. The standard InChI is InChI=1S/2C4H12N.C3H6O3.ClH/c2*1-5(2,3)4;1-2(4)3(5)6;/h2*1-4H3;2,4H,1H3,(H,5,6);1H/q2*+1;;/p-2. The second-order valence-electron chi connectivity index (χ2n) is 6.36. The van der Waals surface area contributed by atoms with Crippen LogP contribution in [0.15, 0.2) is 0 Å². The van der Waals surface area contributed by atoms with Crippen molar-refractivity contribution in [3.63, 3.8) is 0 Å². The summed E-state index contributed by atoms with van der Waals surface area (Å²) >= 11 is 0. The highest BCUT2D eigenvalue weighted by Gasteiger charge is 1.89. The number of rotatable bonds is 1. The number of carbonyl (C=O) groups excluding carboxylic acids is 1. The van der Waals surface area contributed by atoms with Gasteiger partial charge in [-0.1, -0.05) is 0 Å². The summed E-state index contributed by atoms with van der Waals surface area (Å²) in [6.45, 7) is 1.13. The van der Waals surface area contributed by atoms with E-state index in [1.807, 2.05) is 0 Å². The van der Waals surface area contributed by atoms with Crippen molar-refractivity contribution in [3.05, 3.63) is 0 Å². The van der Waals surface area contributed by atoms with Crippen LogP contribution in [-0.4, -0.2) is 82.5 Å². The number of carboxylic acids is 1. The van der Waals surface area contributed by atoms with Crippen LogP contribution in [0.1, 0.15) is 6.92 Å². The maximum absolute atomic E-state index is 9.34. The molecule has 0 radical (unpaired) electrons. The first-order valence-corrected chi connectivity index (χ1v) is 5.11. The van der Waals surface area contributed by atoms with Gasteiger partial charge in [-0.2, -0.15) is 0 Å². The van der Waals surface area contributed by atoms with Crippen molar-refractivity contribution in [1.29, 1.82) is 0 Å². The normalized spacial score (nSPS) is 11.9. The highest BCUT2D eigenvalue weighted by atomic mass is 35.5. The monoisotopic (exact) mass is 272 g/mol. The number of halogens is 1. The number of hydrogen-bond donors (Lipinski definition) is 1. The van der Waals surface area contributed by atoms with Gasteiger partial charge in [0.05, 0.1) is 68.5 Å². The Morgan fingerprint density at radius 3 is 1.00 bits per heavy atom. The Balaban J connectivity index is -0.0000000729. The summed E-state index contributed by atoms with van der Waals surface area (Å²) in [6, 6.07) is 0. The number of carboxylic acid groups (broad SMARTS) is 1. The van der Waals surface area contributed by atoms with Crippen LogP contribution in [0.5, 0.6) is 0 Å². The highest BCUT2D eigenvalue weighted by molar-refractivity contribution is 5.68. The molecule has 0 aromatic heterocycles. The van der Waals surface area contributed by atoms with E-state index in [-0.39, 0.29) is 12.4 Å². The molecule has 1 unspecified atom stereocenters. The molecule has 0 heterocycles. The van der Waals surface area contributed by atoms with Gasteiger partial charge in [0, 0.05) is 0 Å². The van der Waals surface area contributed by atoms with Gasteiger partial charge in [-0.3, -0.25) is 0 Å². The molecule has 0 saturated heterocycles. The molecule has 0 aliphatic rings. The van der Waals surface area contributed by atoms with E-state index in [0.717, 1.165) is 15.9 Å². The van der Waals surface area contributed by atoms with Crippen molar-refractivity contribution in [2.45, 2.75) is 13.0 Å². The Morgan fingerprint density at radius 2 is 1.00 bits per heavy atom. The van der Waals surface area contributed by atoms with Gasteiger partial charge in [0.25, 0.3) is 0 Å². The Morgan fingerprint density at radius 1 is 0.941 bits per heavy atom. The topological polar surface area (TPSA) is 60.4 Å². The van der Waals surface area contributed by atoms with E-state index in [9.17, 15) is 9.90 Å². The van der Waals surface area contributed by atoms with Crippen LogP contribution >= 0.6 is 0 Å². The van der Waals surface area contributed by atoms with Crippen molar-refractivity contribution in [3.8, 4) is 0 Å². The second kappa shape index (κ2) is 10.8. The molecule has 108 valence electrons. The van der Waals surface area contributed by atoms with Crippen LogP contribution in [-0.2, 0) is 4.79 Å². The van der Waals surface area contributed by atoms with Crippen LogP contribution in [0, 0.1) is 0 Å². The molecule has 17 heavy (non-hydrogen) atoms. The molecule has 0 aromatic rings. The largest absolute Gasteiger partial charge is 1.00 e. The van der Waals surface area contributed by atoms with Gasteiger partial charge in [-0.05, 0) is 6.92 Å². The molecular formula is C11H29ClN2O3. The zero-order chi connectivity index (χ0) is 14.2. The lowest BCUT2D eigenvalue weighted by molar-refractivity contribution is -0.849. The van der Waals surface area contributed by atoms with Gasteiger partial charge in [0.1, 0.15) is 0 Å². The zero-order valence-electron chi connectivity index (χ0n) is 12.6. The Bertz CT molecular complexity index is 160. The number of hydrogen-bond acceptors (Lipinski definition) is 3. The van der Waals surface area contributed by atoms with Crippen LogP contribution in [0.2, 0.25) is 0 Å². The van der Waals surface area contributed by atoms with Gasteiger partial charge in [0.15, 0.2) is 0 Å².